The van der Waals surface area contributed by atoms with E-state index in [9.17, 15) is 9.90 Å². The first-order chi connectivity index (χ1) is 9.66. The Morgan fingerprint density at radius 2 is 2.14 bits per heavy atom. The van der Waals surface area contributed by atoms with E-state index in [2.05, 4.69) is 10.6 Å². The van der Waals surface area contributed by atoms with Crippen molar-refractivity contribution in [2.24, 2.45) is 5.92 Å². The van der Waals surface area contributed by atoms with Gasteiger partial charge < -0.3 is 20.5 Å². The Bertz CT molecular complexity index is 430. The number of carbonyl (C=O) groups excluding carboxylic acids is 1. The van der Waals surface area contributed by atoms with E-state index in [0.717, 1.165) is 12.1 Å². The first kappa shape index (κ1) is 17.9. The topological polar surface area (TPSA) is 70.6 Å². The van der Waals surface area contributed by atoms with Gasteiger partial charge in [0.25, 0.3) is 0 Å². The van der Waals surface area contributed by atoms with Gasteiger partial charge in [-0.2, -0.15) is 0 Å². The molecular formula is C15H23ClN2O3. The van der Waals surface area contributed by atoms with Crippen molar-refractivity contribution in [2.45, 2.75) is 25.7 Å². The fourth-order valence-electron chi connectivity index (χ4n) is 2.17. The number of hydrogen-bond donors (Lipinski definition) is 3. The minimum Gasteiger partial charge on any atom is -0.391 e. The van der Waals surface area contributed by atoms with E-state index in [1.165, 1.54) is 0 Å². The molecule has 21 heavy (non-hydrogen) atoms. The van der Waals surface area contributed by atoms with Crippen molar-refractivity contribution >= 4 is 18.3 Å². The van der Waals surface area contributed by atoms with Gasteiger partial charge in [-0.1, -0.05) is 30.3 Å². The molecule has 1 heterocycles. The summed E-state index contributed by atoms with van der Waals surface area (Å²) in [7, 11) is 0. The molecule has 1 aromatic rings. The summed E-state index contributed by atoms with van der Waals surface area (Å²) in [5.41, 5.74) is 1.04. The van der Waals surface area contributed by atoms with Crippen LogP contribution in [0.25, 0.3) is 0 Å². The van der Waals surface area contributed by atoms with Gasteiger partial charge in [0.05, 0.1) is 12.7 Å². The van der Waals surface area contributed by atoms with E-state index in [-0.39, 0.29) is 30.3 Å². The molecule has 0 spiro atoms. The average molecular weight is 315 g/mol. The monoisotopic (exact) mass is 314 g/mol. The first-order valence-corrected chi connectivity index (χ1v) is 6.99. The van der Waals surface area contributed by atoms with Gasteiger partial charge in [0, 0.05) is 25.6 Å². The zero-order valence-electron chi connectivity index (χ0n) is 12.1. The van der Waals surface area contributed by atoms with Crippen molar-refractivity contribution < 1.29 is 14.6 Å². The molecule has 0 aliphatic carbocycles. The van der Waals surface area contributed by atoms with E-state index >= 15 is 0 Å². The number of β-amino-alcohol motifs (C(OH)–C–C–N with tert-alkyl or cyclic N) is 1. The average Bonchev–Trinajstić information content (AvgIpc) is 2.88. The Morgan fingerprint density at radius 3 is 2.76 bits per heavy atom. The van der Waals surface area contributed by atoms with Crippen LogP contribution in [0.2, 0.25) is 0 Å². The number of aliphatic hydroxyl groups is 1. The zero-order valence-corrected chi connectivity index (χ0v) is 12.9. The number of halogens is 1. The molecule has 118 valence electrons. The maximum Gasteiger partial charge on any atom is 0.248 e. The second-order valence-electron chi connectivity index (χ2n) is 5.17. The van der Waals surface area contributed by atoms with Gasteiger partial charge in [0.1, 0.15) is 6.10 Å². The lowest BCUT2D eigenvalue weighted by Gasteiger charge is -2.17. The molecule has 1 fully saturated rings. The summed E-state index contributed by atoms with van der Waals surface area (Å²) in [5.74, 6) is -0.0553. The van der Waals surface area contributed by atoms with Crippen LogP contribution in [0, 0.1) is 5.92 Å². The molecule has 0 radical (unpaired) electrons. The van der Waals surface area contributed by atoms with Crippen molar-refractivity contribution in [1.29, 1.82) is 0 Å². The summed E-state index contributed by atoms with van der Waals surface area (Å²) < 4.78 is 5.54. The van der Waals surface area contributed by atoms with E-state index in [4.69, 9.17) is 4.74 Å². The lowest BCUT2D eigenvalue weighted by molar-refractivity contribution is -0.132. The van der Waals surface area contributed by atoms with Gasteiger partial charge in [-0.25, -0.2) is 0 Å². The molecule has 1 aliphatic heterocycles. The number of rotatable bonds is 6. The third-order valence-corrected chi connectivity index (χ3v) is 3.55. The highest BCUT2D eigenvalue weighted by Crippen LogP contribution is 2.08. The number of hydrogen-bond acceptors (Lipinski definition) is 4. The largest absolute Gasteiger partial charge is 0.391 e. The van der Waals surface area contributed by atoms with Crippen molar-refractivity contribution in [2.75, 3.05) is 19.6 Å². The molecule has 2 rings (SSSR count). The summed E-state index contributed by atoms with van der Waals surface area (Å²) in [6.07, 6.45) is -0.877. The summed E-state index contributed by atoms with van der Waals surface area (Å²) in [6, 6.07) is 9.76. The molecule has 0 bridgehead atoms. The zero-order chi connectivity index (χ0) is 14.4. The second kappa shape index (κ2) is 9.00. The third kappa shape index (κ3) is 5.63. The first-order valence-electron chi connectivity index (χ1n) is 6.99. The number of aliphatic hydroxyl groups excluding tert-OH is 1. The smallest absolute Gasteiger partial charge is 0.248 e. The molecule has 1 aliphatic rings. The van der Waals surface area contributed by atoms with Gasteiger partial charge in [-0.3, -0.25) is 4.79 Å². The Morgan fingerprint density at radius 1 is 1.43 bits per heavy atom. The highest BCUT2D eigenvalue weighted by molar-refractivity contribution is 5.85. The van der Waals surface area contributed by atoms with Crippen LogP contribution in [0.3, 0.4) is 0 Å². The van der Waals surface area contributed by atoms with Crippen LogP contribution in [0.1, 0.15) is 12.5 Å². The van der Waals surface area contributed by atoms with Crippen molar-refractivity contribution in [1.82, 2.24) is 10.6 Å². The maximum atomic E-state index is 11.9. The van der Waals surface area contributed by atoms with Crippen LogP contribution >= 0.6 is 12.4 Å². The molecule has 0 aromatic heterocycles. The molecule has 1 saturated heterocycles. The number of carbonyl (C=O) groups is 1. The Labute approximate surface area is 131 Å². The van der Waals surface area contributed by atoms with Crippen LogP contribution in [-0.4, -0.2) is 42.9 Å². The Balaban J connectivity index is 0.00000220. The van der Waals surface area contributed by atoms with E-state index in [0.29, 0.717) is 19.7 Å². The number of ether oxygens (including phenoxy) is 1. The van der Waals surface area contributed by atoms with Crippen LogP contribution in [0.4, 0.5) is 0 Å². The van der Waals surface area contributed by atoms with Crippen LogP contribution < -0.4 is 10.6 Å². The highest BCUT2D eigenvalue weighted by Gasteiger charge is 2.25. The van der Waals surface area contributed by atoms with Gasteiger partial charge in [-0.15, -0.1) is 12.4 Å². The molecule has 3 unspecified atom stereocenters. The molecule has 5 nitrogen and oxygen atoms in total. The van der Waals surface area contributed by atoms with E-state index < -0.39 is 6.10 Å². The molecule has 3 atom stereocenters. The number of benzene rings is 1. The SMILES string of the molecule is CC(OCc1ccccc1)C(=O)NCC1CNCC1O.Cl. The summed E-state index contributed by atoms with van der Waals surface area (Å²) in [4.78, 5) is 11.9. The molecule has 1 amide bonds. The highest BCUT2D eigenvalue weighted by atomic mass is 35.5. The second-order valence-corrected chi connectivity index (χ2v) is 5.17. The van der Waals surface area contributed by atoms with Gasteiger partial charge >= 0.3 is 0 Å². The fraction of sp³-hybridized carbons (Fsp3) is 0.533. The molecular weight excluding hydrogens is 292 g/mol. The van der Waals surface area contributed by atoms with Gasteiger partial charge in [-0.05, 0) is 12.5 Å². The number of nitrogens with one attached hydrogen (secondary N) is 2. The normalized spacial score (nSPS) is 22.4. The molecule has 6 heteroatoms. The molecule has 1 aromatic carbocycles. The lowest BCUT2D eigenvalue weighted by atomic mass is 10.1. The van der Waals surface area contributed by atoms with Gasteiger partial charge in [0.15, 0.2) is 0 Å². The quantitative estimate of drug-likeness (QED) is 0.723. The summed E-state index contributed by atoms with van der Waals surface area (Å²) in [6.45, 7) is 3.97. The predicted molar refractivity (Wildman–Crippen MR) is 83.3 cm³/mol. The van der Waals surface area contributed by atoms with E-state index in [1.54, 1.807) is 6.92 Å². The standard InChI is InChI=1S/C15H22N2O3.ClH/c1-11(20-10-12-5-3-2-4-6-12)15(19)17-8-13-7-16-9-14(13)18;/h2-6,11,13-14,16,18H,7-10H2,1H3,(H,17,19);1H. The summed E-state index contributed by atoms with van der Waals surface area (Å²) in [5, 5.41) is 15.6. The van der Waals surface area contributed by atoms with Crippen LogP contribution in [-0.2, 0) is 16.1 Å². The lowest BCUT2D eigenvalue weighted by Crippen LogP contribution is -2.39. The van der Waals surface area contributed by atoms with Crippen LogP contribution in [0.15, 0.2) is 30.3 Å². The fourth-order valence-corrected chi connectivity index (χ4v) is 2.17. The van der Waals surface area contributed by atoms with Gasteiger partial charge in [0.2, 0.25) is 5.91 Å². The predicted octanol–water partition coefficient (Wildman–Crippen LogP) is 0.710. The van der Waals surface area contributed by atoms with Crippen molar-refractivity contribution in [3.8, 4) is 0 Å². The minimum atomic E-state index is -0.498. The molecule has 3 N–H and O–H groups in total. The Hall–Kier alpha value is -1.14. The maximum absolute atomic E-state index is 11.9. The van der Waals surface area contributed by atoms with Crippen molar-refractivity contribution in [3.05, 3.63) is 35.9 Å². The third-order valence-electron chi connectivity index (χ3n) is 3.55. The Kier molecular flexibility index (Phi) is 7.67. The molecule has 0 saturated carbocycles. The van der Waals surface area contributed by atoms with E-state index in [1.807, 2.05) is 30.3 Å². The number of amides is 1. The summed E-state index contributed by atoms with van der Waals surface area (Å²) >= 11 is 0. The van der Waals surface area contributed by atoms with Crippen LogP contribution in [0.5, 0.6) is 0 Å². The van der Waals surface area contributed by atoms with Crippen molar-refractivity contribution in [3.63, 3.8) is 0 Å². The minimum absolute atomic E-state index is 0.